The average Bonchev–Trinajstić information content (AvgIpc) is 3.07. The van der Waals surface area contributed by atoms with Crippen LogP contribution in [0.25, 0.3) is 22.0 Å². The van der Waals surface area contributed by atoms with Crippen LogP contribution in [0.4, 0.5) is 5.69 Å². The van der Waals surface area contributed by atoms with Gasteiger partial charge >= 0.3 is 0 Å². The van der Waals surface area contributed by atoms with Gasteiger partial charge < -0.3 is 15.2 Å². The molecule has 2 aromatic heterocycles. The molecule has 3 heterocycles. The number of hydrogen-bond donors (Lipinski definition) is 1. The Balaban J connectivity index is 1.94. The fourth-order valence-electron chi connectivity index (χ4n) is 4.15. The third kappa shape index (κ3) is 3.32. The summed E-state index contributed by atoms with van der Waals surface area (Å²) < 4.78 is 2.22. The van der Waals surface area contributed by atoms with Crippen molar-refractivity contribution in [3.8, 4) is 17.2 Å². The molecule has 3 aromatic rings. The normalized spacial score (nSPS) is 16.8. The largest absolute Gasteiger partial charge is 0.396 e. The number of carbonyl (C=O) groups is 1. The predicted octanol–water partition coefficient (Wildman–Crippen LogP) is 4.30. The van der Waals surface area contributed by atoms with Crippen molar-refractivity contribution >= 4 is 34.1 Å². The maximum absolute atomic E-state index is 11.9. The number of carbonyl (C=O) groups excluding carboxylic acids is 1. The molecule has 1 aliphatic heterocycles. The quantitative estimate of drug-likeness (QED) is 0.685. The highest BCUT2D eigenvalue weighted by atomic mass is 35.5. The summed E-state index contributed by atoms with van der Waals surface area (Å²) in [5.41, 5.74) is 10.6. The molecule has 0 bridgehead atoms. The van der Waals surface area contributed by atoms with Crippen molar-refractivity contribution < 1.29 is 4.79 Å². The fraction of sp³-hybridized carbons (Fsp3) is 0.318. The Bertz CT molecular complexity index is 1160. The zero-order chi connectivity index (χ0) is 20.7. The Labute approximate surface area is 174 Å². The van der Waals surface area contributed by atoms with Crippen LogP contribution in [0.3, 0.4) is 0 Å². The molecular formula is C22H22ClN5O. The Morgan fingerprint density at radius 3 is 2.86 bits per heavy atom. The molecule has 1 atom stereocenters. The number of halogens is 1. The van der Waals surface area contributed by atoms with E-state index in [-0.39, 0.29) is 11.9 Å². The number of nitrogens with two attached hydrogens (primary N) is 1. The summed E-state index contributed by atoms with van der Waals surface area (Å²) in [5, 5.41) is 10.9. The number of likely N-dealkylation sites (tertiary alicyclic amines) is 1. The number of aryl methyl sites for hydroxylation is 1. The minimum Gasteiger partial charge on any atom is -0.396 e. The molecule has 0 aliphatic carbocycles. The van der Waals surface area contributed by atoms with Crippen LogP contribution < -0.4 is 5.73 Å². The number of nitrogen functional groups attached to an aromatic ring is 1. The van der Waals surface area contributed by atoms with Gasteiger partial charge in [-0.2, -0.15) is 5.26 Å². The molecule has 1 unspecified atom stereocenters. The number of pyridine rings is 1. The first kappa shape index (κ1) is 19.3. The molecule has 29 heavy (non-hydrogen) atoms. The van der Waals surface area contributed by atoms with Gasteiger partial charge in [-0.3, -0.25) is 9.78 Å². The minimum atomic E-state index is 0.0948. The van der Waals surface area contributed by atoms with Gasteiger partial charge in [0, 0.05) is 54.4 Å². The van der Waals surface area contributed by atoms with Crippen LogP contribution in [-0.4, -0.2) is 33.4 Å². The summed E-state index contributed by atoms with van der Waals surface area (Å²) in [7, 11) is 0. The van der Waals surface area contributed by atoms with Crippen molar-refractivity contribution in [1.29, 1.82) is 5.26 Å². The number of aromatic nitrogens is 2. The van der Waals surface area contributed by atoms with E-state index in [0.717, 1.165) is 47.0 Å². The Kier molecular flexibility index (Phi) is 4.93. The van der Waals surface area contributed by atoms with Crippen molar-refractivity contribution in [1.82, 2.24) is 14.5 Å². The van der Waals surface area contributed by atoms with Crippen molar-refractivity contribution in [2.45, 2.75) is 32.7 Å². The first-order valence-corrected chi connectivity index (χ1v) is 9.98. The molecule has 2 N–H and O–H groups in total. The molecule has 1 aliphatic rings. The molecule has 0 radical (unpaired) electrons. The third-order valence-electron chi connectivity index (χ3n) is 5.73. The van der Waals surface area contributed by atoms with E-state index in [0.29, 0.717) is 22.8 Å². The fourth-order valence-corrected chi connectivity index (χ4v) is 4.35. The van der Waals surface area contributed by atoms with E-state index in [1.807, 2.05) is 24.0 Å². The highest BCUT2D eigenvalue weighted by molar-refractivity contribution is 6.36. The molecule has 148 valence electrons. The molecule has 6 nitrogen and oxygen atoms in total. The second kappa shape index (κ2) is 7.41. The number of amides is 1. The van der Waals surface area contributed by atoms with E-state index in [4.69, 9.17) is 17.3 Å². The van der Waals surface area contributed by atoms with Crippen LogP contribution in [0.5, 0.6) is 0 Å². The molecule has 1 fully saturated rings. The van der Waals surface area contributed by atoms with E-state index in [1.165, 1.54) is 6.20 Å². The highest BCUT2D eigenvalue weighted by Gasteiger charge is 2.26. The van der Waals surface area contributed by atoms with Gasteiger partial charge in [-0.1, -0.05) is 11.6 Å². The number of fused-ring (bicyclic) bond motifs is 1. The summed E-state index contributed by atoms with van der Waals surface area (Å²) in [6.45, 7) is 5.01. The summed E-state index contributed by atoms with van der Waals surface area (Å²) in [4.78, 5) is 18.0. The van der Waals surface area contributed by atoms with Crippen molar-refractivity contribution in [2.75, 3.05) is 18.8 Å². The summed E-state index contributed by atoms with van der Waals surface area (Å²) >= 11 is 6.50. The molecule has 1 amide bonds. The molecule has 1 aromatic carbocycles. The summed E-state index contributed by atoms with van der Waals surface area (Å²) in [6.07, 6.45) is 7.22. The average molecular weight is 408 g/mol. The van der Waals surface area contributed by atoms with Gasteiger partial charge in [-0.15, -0.1) is 0 Å². The van der Waals surface area contributed by atoms with Crippen LogP contribution in [-0.2, 0) is 4.79 Å². The second-order valence-corrected chi connectivity index (χ2v) is 7.98. The third-order valence-corrected chi connectivity index (χ3v) is 6.15. The van der Waals surface area contributed by atoms with Gasteiger partial charge in [-0.25, -0.2) is 0 Å². The second-order valence-electron chi connectivity index (χ2n) is 7.60. The van der Waals surface area contributed by atoms with Gasteiger partial charge in [0.2, 0.25) is 5.91 Å². The molecule has 0 saturated carbocycles. The van der Waals surface area contributed by atoms with Gasteiger partial charge in [-0.05, 0) is 37.5 Å². The zero-order valence-electron chi connectivity index (χ0n) is 16.4. The number of hydrogen-bond acceptors (Lipinski definition) is 4. The van der Waals surface area contributed by atoms with Crippen LogP contribution in [0.15, 0.2) is 30.7 Å². The number of nitriles is 1. The van der Waals surface area contributed by atoms with E-state index in [2.05, 4.69) is 21.8 Å². The first-order chi connectivity index (χ1) is 13.9. The lowest BCUT2D eigenvalue weighted by molar-refractivity contribution is -0.130. The number of benzene rings is 1. The van der Waals surface area contributed by atoms with Crippen molar-refractivity contribution in [3.05, 3.63) is 46.9 Å². The molecule has 1 saturated heterocycles. The number of anilines is 1. The molecular weight excluding hydrogens is 386 g/mol. The molecule has 0 spiro atoms. The van der Waals surface area contributed by atoms with E-state index >= 15 is 0 Å². The van der Waals surface area contributed by atoms with E-state index < -0.39 is 0 Å². The number of nitrogens with zero attached hydrogens (tertiary/aromatic N) is 4. The van der Waals surface area contributed by atoms with Crippen LogP contribution in [0, 0.1) is 18.3 Å². The monoisotopic (exact) mass is 407 g/mol. The lowest BCUT2D eigenvalue weighted by Gasteiger charge is -2.33. The van der Waals surface area contributed by atoms with Crippen LogP contribution >= 0.6 is 11.6 Å². The van der Waals surface area contributed by atoms with Crippen LogP contribution in [0.2, 0.25) is 5.02 Å². The molecule has 4 rings (SSSR count). The Hall–Kier alpha value is -3.04. The number of rotatable bonds is 2. The molecule has 7 heteroatoms. The topological polar surface area (TPSA) is 87.9 Å². The SMILES string of the molecule is CC(=O)N1CCCC(n2cc(-c3cncc(N)c3Cl)c3cc(C#N)c(C)cc32)C1. The lowest BCUT2D eigenvalue weighted by Crippen LogP contribution is -2.39. The summed E-state index contributed by atoms with van der Waals surface area (Å²) in [5.74, 6) is 0.0948. The van der Waals surface area contributed by atoms with Gasteiger partial charge in [0.25, 0.3) is 0 Å². The van der Waals surface area contributed by atoms with Gasteiger partial charge in [0.1, 0.15) is 0 Å². The van der Waals surface area contributed by atoms with E-state index in [1.54, 1.807) is 13.1 Å². The number of piperidine rings is 1. The Morgan fingerprint density at radius 1 is 1.34 bits per heavy atom. The maximum Gasteiger partial charge on any atom is 0.219 e. The van der Waals surface area contributed by atoms with Gasteiger partial charge in [0.05, 0.1) is 34.6 Å². The Morgan fingerprint density at radius 2 is 2.14 bits per heavy atom. The van der Waals surface area contributed by atoms with Crippen molar-refractivity contribution in [2.24, 2.45) is 0 Å². The standard InChI is InChI=1S/C22H22ClN5O/c1-13-6-21-17(7-15(13)8-24)19(18-9-26-10-20(25)22(18)23)12-28(21)16-4-3-5-27(11-16)14(2)29/h6-7,9-10,12,16H,3-5,11,25H2,1-2H3. The lowest BCUT2D eigenvalue weighted by atomic mass is 10.0. The van der Waals surface area contributed by atoms with E-state index in [9.17, 15) is 10.1 Å². The minimum absolute atomic E-state index is 0.0948. The highest BCUT2D eigenvalue weighted by Crippen LogP contribution is 2.40. The summed E-state index contributed by atoms with van der Waals surface area (Å²) in [6, 6.07) is 6.37. The predicted molar refractivity (Wildman–Crippen MR) is 115 cm³/mol. The first-order valence-electron chi connectivity index (χ1n) is 9.61. The van der Waals surface area contributed by atoms with Crippen molar-refractivity contribution in [3.63, 3.8) is 0 Å². The van der Waals surface area contributed by atoms with Gasteiger partial charge in [0.15, 0.2) is 0 Å². The maximum atomic E-state index is 11.9. The smallest absolute Gasteiger partial charge is 0.219 e. The van der Waals surface area contributed by atoms with Crippen LogP contribution in [0.1, 0.15) is 36.9 Å². The zero-order valence-corrected chi connectivity index (χ0v) is 17.2.